The predicted molar refractivity (Wildman–Crippen MR) is 81.9 cm³/mol. The molecule has 0 N–H and O–H groups in total. The summed E-state index contributed by atoms with van der Waals surface area (Å²) in [5.74, 6) is -0.233. The normalized spacial score (nSPS) is 12.4. The third-order valence-corrected chi connectivity index (χ3v) is 4.10. The molecule has 1 nitrogen and oxygen atoms in total. The lowest BCUT2D eigenvalue weighted by Gasteiger charge is -2.17. The molecular formula is C15H13Br2FO. The highest BCUT2D eigenvalue weighted by atomic mass is 79.9. The minimum Gasteiger partial charge on any atom is -0.368 e. The molecule has 0 aliphatic heterocycles. The Balaban J connectivity index is 2.09. The van der Waals surface area contributed by atoms with Crippen LogP contribution in [-0.2, 0) is 11.3 Å². The number of benzene rings is 2. The average Bonchev–Trinajstić information content (AvgIpc) is 2.43. The Bertz CT molecular complexity index is 545. The van der Waals surface area contributed by atoms with Gasteiger partial charge in [0.15, 0.2) is 0 Å². The van der Waals surface area contributed by atoms with Crippen LogP contribution in [-0.4, -0.2) is 5.33 Å². The van der Waals surface area contributed by atoms with Gasteiger partial charge >= 0.3 is 0 Å². The molecule has 1 unspecified atom stereocenters. The first-order chi connectivity index (χ1) is 9.22. The molecule has 2 rings (SSSR count). The van der Waals surface area contributed by atoms with Crippen molar-refractivity contribution < 1.29 is 9.13 Å². The monoisotopic (exact) mass is 386 g/mol. The van der Waals surface area contributed by atoms with Crippen LogP contribution in [0.3, 0.4) is 0 Å². The molecule has 0 bridgehead atoms. The van der Waals surface area contributed by atoms with Crippen molar-refractivity contribution >= 4 is 31.9 Å². The predicted octanol–water partition coefficient (Wildman–Crippen LogP) is 5.24. The molecule has 0 heterocycles. The molecule has 100 valence electrons. The minimum absolute atomic E-state index is 0.116. The molecule has 0 aliphatic carbocycles. The van der Waals surface area contributed by atoms with Crippen LogP contribution in [0.1, 0.15) is 17.2 Å². The number of halogens is 3. The molecule has 0 spiro atoms. The van der Waals surface area contributed by atoms with Crippen LogP contribution in [0.25, 0.3) is 0 Å². The zero-order chi connectivity index (χ0) is 13.7. The van der Waals surface area contributed by atoms with E-state index >= 15 is 0 Å². The van der Waals surface area contributed by atoms with Gasteiger partial charge < -0.3 is 4.74 Å². The highest BCUT2D eigenvalue weighted by molar-refractivity contribution is 9.10. The van der Waals surface area contributed by atoms with Crippen molar-refractivity contribution in [3.63, 3.8) is 0 Å². The number of ether oxygens (including phenoxy) is 1. The second kappa shape index (κ2) is 7.17. The summed E-state index contributed by atoms with van der Waals surface area (Å²) in [7, 11) is 0. The molecule has 0 fully saturated rings. The van der Waals surface area contributed by atoms with Crippen LogP contribution in [0.15, 0.2) is 53.0 Å². The summed E-state index contributed by atoms with van der Waals surface area (Å²) in [5, 5.41) is 0.657. The maximum Gasteiger partial charge on any atom is 0.128 e. The molecule has 0 amide bonds. The lowest BCUT2D eigenvalue weighted by atomic mass is 10.1. The van der Waals surface area contributed by atoms with Crippen molar-refractivity contribution in [2.45, 2.75) is 12.7 Å². The molecule has 4 heteroatoms. The third kappa shape index (κ3) is 3.88. The van der Waals surface area contributed by atoms with Crippen molar-refractivity contribution in [1.29, 1.82) is 0 Å². The molecule has 1 atom stereocenters. The van der Waals surface area contributed by atoms with Gasteiger partial charge in [0.25, 0.3) is 0 Å². The van der Waals surface area contributed by atoms with Gasteiger partial charge in [-0.2, -0.15) is 0 Å². The zero-order valence-electron chi connectivity index (χ0n) is 10.2. The van der Waals surface area contributed by atoms with Gasteiger partial charge in [-0.25, -0.2) is 4.39 Å². The summed E-state index contributed by atoms with van der Waals surface area (Å²) < 4.78 is 20.3. The number of hydrogen-bond donors (Lipinski definition) is 0. The zero-order valence-corrected chi connectivity index (χ0v) is 13.3. The maximum atomic E-state index is 13.5. The van der Waals surface area contributed by atoms with Gasteiger partial charge in [0.05, 0.1) is 12.7 Å². The Kier molecular flexibility index (Phi) is 5.55. The maximum absolute atomic E-state index is 13.5. The Hall–Kier alpha value is -0.710. The quantitative estimate of drug-likeness (QED) is 0.637. The second-order valence-corrected chi connectivity index (χ2v) is 5.57. The SMILES string of the molecule is Fc1ccccc1COC(CBr)c1ccccc1Br. The van der Waals surface area contributed by atoms with E-state index in [4.69, 9.17) is 4.74 Å². The molecule has 0 aliphatic rings. The van der Waals surface area contributed by atoms with E-state index in [1.54, 1.807) is 12.1 Å². The average molecular weight is 388 g/mol. The first-order valence-corrected chi connectivity index (χ1v) is 7.79. The van der Waals surface area contributed by atoms with Crippen LogP contribution in [0.4, 0.5) is 4.39 Å². The molecule has 0 saturated carbocycles. The van der Waals surface area contributed by atoms with Gasteiger partial charge in [-0.3, -0.25) is 0 Å². The van der Waals surface area contributed by atoms with Gasteiger partial charge in [-0.05, 0) is 17.7 Å². The summed E-state index contributed by atoms with van der Waals surface area (Å²) in [6, 6.07) is 14.5. The summed E-state index contributed by atoms with van der Waals surface area (Å²) in [5.41, 5.74) is 1.62. The number of hydrogen-bond acceptors (Lipinski definition) is 1. The van der Waals surface area contributed by atoms with E-state index in [1.165, 1.54) is 6.07 Å². The molecule has 2 aromatic carbocycles. The number of rotatable bonds is 5. The summed E-state index contributed by atoms with van der Waals surface area (Å²) in [6.07, 6.45) is -0.116. The van der Waals surface area contributed by atoms with Gasteiger partial charge in [0, 0.05) is 15.4 Å². The molecule has 0 radical (unpaired) electrons. The first-order valence-electron chi connectivity index (χ1n) is 5.87. The topological polar surface area (TPSA) is 9.23 Å². The Morgan fingerprint density at radius 2 is 1.74 bits per heavy atom. The molecule has 19 heavy (non-hydrogen) atoms. The summed E-state index contributed by atoms with van der Waals surface area (Å²) in [6.45, 7) is 0.254. The fourth-order valence-electron chi connectivity index (χ4n) is 1.76. The Morgan fingerprint density at radius 3 is 2.42 bits per heavy atom. The third-order valence-electron chi connectivity index (χ3n) is 2.79. The lowest BCUT2D eigenvalue weighted by molar-refractivity contribution is 0.0544. The van der Waals surface area contributed by atoms with Crippen LogP contribution in [0, 0.1) is 5.82 Å². The van der Waals surface area contributed by atoms with E-state index in [-0.39, 0.29) is 18.5 Å². The highest BCUT2D eigenvalue weighted by Crippen LogP contribution is 2.28. The fraction of sp³-hybridized carbons (Fsp3) is 0.200. The fourth-order valence-corrected chi connectivity index (χ4v) is 2.84. The first kappa shape index (κ1) is 14.7. The van der Waals surface area contributed by atoms with Crippen LogP contribution < -0.4 is 0 Å². The molecular weight excluding hydrogens is 375 g/mol. The van der Waals surface area contributed by atoms with Crippen LogP contribution in [0.2, 0.25) is 0 Å². The van der Waals surface area contributed by atoms with Crippen LogP contribution >= 0.6 is 31.9 Å². The summed E-state index contributed by atoms with van der Waals surface area (Å²) in [4.78, 5) is 0. The van der Waals surface area contributed by atoms with Gasteiger partial charge in [-0.1, -0.05) is 68.3 Å². The second-order valence-electron chi connectivity index (χ2n) is 4.07. The minimum atomic E-state index is -0.233. The van der Waals surface area contributed by atoms with Crippen LogP contribution in [0.5, 0.6) is 0 Å². The van der Waals surface area contributed by atoms with E-state index in [0.717, 1.165) is 10.0 Å². The van der Waals surface area contributed by atoms with E-state index < -0.39 is 0 Å². The van der Waals surface area contributed by atoms with Gasteiger partial charge in [0.2, 0.25) is 0 Å². The van der Waals surface area contributed by atoms with E-state index in [0.29, 0.717) is 10.9 Å². The Morgan fingerprint density at radius 1 is 1.05 bits per heavy atom. The lowest BCUT2D eigenvalue weighted by Crippen LogP contribution is -2.07. The van der Waals surface area contributed by atoms with Gasteiger partial charge in [0.1, 0.15) is 5.82 Å². The van der Waals surface area contributed by atoms with Crippen molar-refractivity contribution in [1.82, 2.24) is 0 Å². The highest BCUT2D eigenvalue weighted by Gasteiger charge is 2.14. The largest absolute Gasteiger partial charge is 0.368 e. The Labute approximate surface area is 129 Å². The molecule has 0 aromatic heterocycles. The van der Waals surface area contributed by atoms with Crippen molar-refractivity contribution in [3.8, 4) is 0 Å². The smallest absolute Gasteiger partial charge is 0.128 e. The van der Waals surface area contributed by atoms with E-state index in [2.05, 4.69) is 31.9 Å². The van der Waals surface area contributed by atoms with Gasteiger partial charge in [-0.15, -0.1) is 0 Å². The van der Waals surface area contributed by atoms with E-state index in [9.17, 15) is 4.39 Å². The van der Waals surface area contributed by atoms with Crippen molar-refractivity contribution in [3.05, 3.63) is 69.9 Å². The number of alkyl halides is 1. The standard InChI is InChI=1S/C15H13Br2FO/c16-9-15(12-6-2-3-7-13(12)17)19-10-11-5-1-4-8-14(11)18/h1-8,15H,9-10H2. The summed E-state index contributed by atoms with van der Waals surface area (Å²) >= 11 is 6.94. The molecule has 2 aromatic rings. The van der Waals surface area contributed by atoms with Crippen molar-refractivity contribution in [2.75, 3.05) is 5.33 Å². The van der Waals surface area contributed by atoms with Crippen molar-refractivity contribution in [2.24, 2.45) is 0 Å². The molecule has 0 saturated heterocycles. The van der Waals surface area contributed by atoms with E-state index in [1.807, 2.05) is 30.3 Å².